The largest absolute Gasteiger partial charge is 0.488 e. The van der Waals surface area contributed by atoms with Crippen LogP contribution in [-0.2, 0) is 13.0 Å². The summed E-state index contributed by atoms with van der Waals surface area (Å²) in [5, 5.41) is 3.01. The summed E-state index contributed by atoms with van der Waals surface area (Å²) in [6.45, 7) is 7.08. The second kappa shape index (κ2) is 9.18. The molecule has 4 nitrogen and oxygen atoms in total. The van der Waals surface area contributed by atoms with Crippen molar-refractivity contribution in [2.24, 2.45) is 0 Å². The number of benzene rings is 2. The van der Waals surface area contributed by atoms with E-state index in [1.165, 1.54) is 11.1 Å². The van der Waals surface area contributed by atoms with E-state index >= 15 is 0 Å². The van der Waals surface area contributed by atoms with Crippen molar-refractivity contribution in [2.75, 3.05) is 6.54 Å². The molecule has 0 radical (unpaired) electrons. The molecule has 2 aromatic carbocycles. The Morgan fingerprint density at radius 1 is 1.00 bits per heavy atom. The van der Waals surface area contributed by atoms with Crippen LogP contribution in [0, 0.1) is 20.8 Å². The van der Waals surface area contributed by atoms with Crippen LogP contribution in [0.2, 0.25) is 0 Å². The lowest BCUT2D eigenvalue weighted by molar-refractivity contribution is 0.0954. The fourth-order valence-corrected chi connectivity index (χ4v) is 3.24. The number of carbonyl (C=O) groups excluding carboxylic acids is 1. The molecule has 1 N–H and O–H groups in total. The van der Waals surface area contributed by atoms with Gasteiger partial charge in [-0.2, -0.15) is 0 Å². The van der Waals surface area contributed by atoms with Gasteiger partial charge in [0, 0.05) is 30.1 Å². The molecule has 0 saturated carbocycles. The molecule has 1 aromatic heterocycles. The maximum absolute atomic E-state index is 12.5. The van der Waals surface area contributed by atoms with Crippen molar-refractivity contribution in [3.05, 3.63) is 94.3 Å². The maximum atomic E-state index is 12.5. The van der Waals surface area contributed by atoms with E-state index in [1.54, 1.807) is 12.4 Å². The molecule has 1 amide bonds. The summed E-state index contributed by atoms with van der Waals surface area (Å²) in [4.78, 5) is 16.6. The number of amides is 1. The van der Waals surface area contributed by atoms with Gasteiger partial charge in [-0.15, -0.1) is 0 Å². The zero-order chi connectivity index (χ0) is 19.9. The molecular formula is C24H26N2O2. The summed E-state index contributed by atoms with van der Waals surface area (Å²) in [5.74, 6) is 0.762. The molecule has 0 fully saturated rings. The number of rotatable bonds is 7. The summed E-state index contributed by atoms with van der Waals surface area (Å²) >= 11 is 0. The highest BCUT2D eigenvalue weighted by Crippen LogP contribution is 2.25. The molecule has 1 heterocycles. The van der Waals surface area contributed by atoms with E-state index in [0.717, 1.165) is 28.9 Å². The monoisotopic (exact) mass is 374 g/mol. The minimum absolute atomic E-state index is 0.0577. The molecule has 0 aliphatic heterocycles. The zero-order valence-corrected chi connectivity index (χ0v) is 16.7. The van der Waals surface area contributed by atoms with Crippen molar-refractivity contribution in [1.29, 1.82) is 0 Å². The van der Waals surface area contributed by atoms with Gasteiger partial charge in [0.2, 0.25) is 0 Å². The van der Waals surface area contributed by atoms with Gasteiger partial charge in [0.25, 0.3) is 5.91 Å². The lowest BCUT2D eigenvalue weighted by Gasteiger charge is -2.14. The second-order valence-corrected chi connectivity index (χ2v) is 7.08. The van der Waals surface area contributed by atoms with Gasteiger partial charge in [0.15, 0.2) is 0 Å². The summed E-state index contributed by atoms with van der Waals surface area (Å²) in [6.07, 6.45) is 4.35. The molecule has 0 aliphatic carbocycles. The van der Waals surface area contributed by atoms with Gasteiger partial charge in [-0.05, 0) is 62.1 Å². The van der Waals surface area contributed by atoms with Crippen molar-refractivity contribution >= 4 is 5.91 Å². The molecule has 4 heteroatoms. The van der Waals surface area contributed by atoms with Crippen LogP contribution in [-0.4, -0.2) is 17.4 Å². The van der Waals surface area contributed by atoms with E-state index in [4.69, 9.17) is 4.74 Å². The van der Waals surface area contributed by atoms with E-state index in [1.807, 2.05) is 44.2 Å². The first-order chi connectivity index (χ1) is 13.5. The van der Waals surface area contributed by atoms with Gasteiger partial charge in [-0.25, -0.2) is 0 Å². The summed E-state index contributed by atoms with van der Waals surface area (Å²) < 4.78 is 5.97. The van der Waals surface area contributed by atoms with Crippen LogP contribution < -0.4 is 10.1 Å². The van der Waals surface area contributed by atoms with Gasteiger partial charge in [-0.3, -0.25) is 9.78 Å². The van der Waals surface area contributed by atoms with Gasteiger partial charge in [0.05, 0.1) is 0 Å². The molecular weight excluding hydrogens is 348 g/mol. The van der Waals surface area contributed by atoms with Crippen LogP contribution in [0.1, 0.15) is 38.2 Å². The summed E-state index contributed by atoms with van der Waals surface area (Å²) in [6, 6.07) is 16.0. The van der Waals surface area contributed by atoms with Crippen LogP contribution in [0.5, 0.6) is 5.75 Å². The number of aromatic nitrogens is 1. The molecule has 0 unspecified atom stereocenters. The smallest absolute Gasteiger partial charge is 0.251 e. The average Bonchev–Trinajstić information content (AvgIpc) is 2.68. The Morgan fingerprint density at radius 3 is 2.43 bits per heavy atom. The van der Waals surface area contributed by atoms with E-state index < -0.39 is 0 Å². The van der Waals surface area contributed by atoms with Gasteiger partial charge < -0.3 is 10.1 Å². The Bertz CT molecular complexity index is 929. The maximum Gasteiger partial charge on any atom is 0.251 e. The van der Waals surface area contributed by atoms with E-state index in [9.17, 15) is 4.79 Å². The number of nitrogens with one attached hydrogen (secondary N) is 1. The Labute approximate surface area is 166 Å². The fraction of sp³-hybridized carbons (Fsp3) is 0.250. The number of hydrogen-bond acceptors (Lipinski definition) is 3. The highest BCUT2D eigenvalue weighted by molar-refractivity contribution is 5.94. The predicted molar refractivity (Wildman–Crippen MR) is 112 cm³/mol. The van der Waals surface area contributed by atoms with Gasteiger partial charge >= 0.3 is 0 Å². The third-order valence-corrected chi connectivity index (χ3v) is 4.61. The summed E-state index contributed by atoms with van der Waals surface area (Å²) in [5.41, 5.74) is 6.04. The van der Waals surface area contributed by atoms with Crippen molar-refractivity contribution in [3.63, 3.8) is 0 Å². The highest BCUT2D eigenvalue weighted by atomic mass is 16.5. The number of pyridine rings is 1. The molecule has 3 rings (SSSR count). The number of ether oxygens (including phenoxy) is 1. The molecule has 0 bridgehead atoms. The average molecular weight is 374 g/mol. The van der Waals surface area contributed by atoms with Crippen LogP contribution in [0.15, 0.2) is 60.9 Å². The molecule has 0 aliphatic rings. The predicted octanol–water partition coefficient (Wildman–Crippen LogP) is 4.56. The minimum Gasteiger partial charge on any atom is -0.488 e. The van der Waals surface area contributed by atoms with Gasteiger partial charge in [-0.1, -0.05) is 35.9 Å². The topological polar surface area (TPSA) is 51.2 Å². The third kappa shape index (κ3) is 5.19. The molecule has 28 heavy (non-hydrogen) atoms. The highest BCUT2D eigenvalue weighted by Gasteiger charge is 2.12. The molecule has 0 atom stereocenters. The quantitative estimate of drug-likeness (QED) is 0.660. The van der Waals surface area contributed by atoms with Crippen LogP contribution in [0.3, 0.4) is 0 Å². The number of aryl methyl sites for hydroxylation is 3. The SMILES string of the molecule is Cc1cccc(CCNC(=O)c2cc(C)c(OCc3cccnc3)c(C)c2)c1. The minimum atomic E-state index is -0.0577. The van der Waals surface area contributed by atoms with Crippen LogP contribution >= 0.6 is 0 Å². The van der Waals surface area contributed by atoms with Crippen molar-refractivity contribution in [1.82, 2.24) is 10.3 Å². The first-order valence-corrected chi connectivity index (χ1v) is 9.49. The Morgan fingerprint density at radius 2 is 1.75 bits per heavy atom. The number of nitrogens with zero attached hydrogens (tertiary/aromatic N) is 1. The van der Waals surface area contributed by atoms with Crippen molar-refractivity contribution < 1.29 is 9.53 Å². The van der Waals surface area contributed by atoms with Gasteiger partial charge in [0.1, 0.15) is 12.4 Å². The summed E-state index contributed by atoms with van der Waals surface area (Å²) in [7, 11) is 0. The Hall–Kier alpha value is -3.14. The van der Waals surface area contributed by atoms with Crippen molar-refractivity contribution in [2.45, 2.75) is 33.8 Å². The third-order valence-electron chi connectivity index (χ3n) is 4.61. The first-order valence-electron chi connectivity index (χ1n) is 9.49. The molecule has 144 valence electrons. The normalized spacial score (nSPS) is 10.5. The van der Waals surface area contributed by atoms with E-state index in [-0.39, 0.29) is 5.91 Å². The molecule has 0 spiro atoms. The first kappa shape index (κ1) is 19.6. The number of hydrogen-bond donors (Lipinski definition) is 1. The Balaban J connectivity index is 1.60. The van der Waals surface area contributed by atoms with E-state index in [2.05, 4.69) is 35.4 Å². The second-order valence-electron chi connectivity index (χ2n) is 7.08. The zero-order valence-electron chi connectivity index (χ0n) is 16.7. The number of carbonyl (C=O) groups is 1. The van der Waals surface area contributed by atoms with Crippen LogP contribution in [0.25, 0.3) is 0 Å². The van der Waals surface area contributed by atoms with E-state index in [0.29, 0.717) is 18.7 Å². The van der Waals surface area contributed by atoms with Crippen molar-refractivity contribution in [3.8, 4) is 5.75 Å². The molecule has 0 saturated heterocycles. The standard InChI is InChI=1S/C24H26N2O2/c1-17-6-4-7-20(12-17)9-11-26-24(27)22-13-18(2)23(19(3)14-22)28-16-21-8-5-10-25-15-21/h4-8,10,12-15H,9,11,16H2,1-3H3,(H,26,27). The molecule has 3 aromatic rings. The Kier molecular flexibility index (Phi) is 6.43. The lowest BCUT2D eigenvalue weighted by atomic mass is 10.0. The lowest BCUT2D eigenvalue weighted by Crippen LogP contribution is -2.26. The fourth-order valence-electron chi connectivity index (χ4n) is 3.24. The van der Waals surface area contributed by atoms with Crippen LogP contribution in [0.4, 0.5) is 0 Å².